The van der Waals surface area contributed by atoms with Gasteiger partial charge in [0.25, 0.3) is 5.56 Å². The lowest BCUT2D eigenvalue weighted by atomic mass is 9.93. The van der Waals surface area contributed by atoms with E-state index in [1.54, 1.807) is 41.5 Å². The Morgan fingerprint density at radius 1 is 0.959 bits per heavy atom. The first-order valence-corrected chi connectivity index (χ1v) is 18.2. The van der Waals surface area contributed by atoms with Crippen molar-refractivity contribution in [3.8, 4) is 5.75 Å². The van der Waals surface area contributed by atoms with Gasteiger partial charge in [0.2, 0.25) is 0 Å². The number of thiazole rings is 1. The third kappa shape index (κ3) is 6.59. The van der Waals surface area contributed by atoms with E-state index in [0.717, 1.165) is 32.4 Å². The summed E-state index contributed by atoms with van der Waals surface area (Å²) in [6, 6.07) is 36.4. The van der Waals surface area contributed by atoms with Gasteiger partial charge in [-0.1, -0.05) is 108 Å². The van der Waals surface area contributed by atoms with Gasteiger partial charge in [0.15, 0.2) is 4.80 Å². The molecule has 0 radical (unpaired) electrons. The van der Waals surface area contributed by atoms with Gasteiger partial charge in [-0.2, -0.15) is 0 Å². The number of hydrogen-bond donors (Lipinski definition) is 0. The highest BCUT2D eigenvalue weighted by atomic mass is 35.5. The molecule has 9 heteroatoms. The predicted molar refractivity (Wildman–Crippen MR) is 199 cm³/mol. The van der Waals surface area contributed by atoms with E-state index in [0.29, 0.717) is 43.5 Å². The van der Waals surface area contributed by atoms with Crippen LogP contribution in [0, 0.1) is 0 Å². The second-order valence-corrected chi connectivity index (χ2v) is 13.6. The number of hydrogen-bond acceptors (Lipinski definition) is 7. The Morgan fingerprint density at radius 2 is 1.71 bits per heavy atom. The Balaban J connectivity index is 1.38. The van der Waals surface area contributed by atoms with Crippen molar-refractivity contribution in [3.05, 3.63) is 168 Å². The number of carbonyl (C=O) groups excluding carboxylic acids is 1. The van der Waals surface area contributed by atoms with E-state index in [-0.39, 0.29) is 12.2 Å². The summed E-state index contributed by atoms with van der Waals surface area (Å²) >= 11 is 9.36. The number of thioether (sulfide) groups is 1. The molecule has 6 nitrogen and oxygen atoms in total. The van der Waals surface area contributed by atoms with Gasteiger partial charge in [0.05, 0.1) is 28.5 Å². The van der Waals surface area contributed by atoms with E-state index in [9.17, 15) is 9.59 Å². The second-order valence-electron chi connectivity index (χ2n) is 11.3. The Hall–Kier alpha value is -4.89. The first-order chi connectivity index (χ1) is 23.9. The molecule has 0 N–H and O–H groups in total. The molecule has 1 aliphatic rings. The minimum Gasteiger partial charge on any atom is -0.488 e. The minimum absolute atomic E-state index is 0.184. The molecule has 0 fully saturated rings. The Bertz CT molecular complexity index is 2390. The van der Waals surface area contributed by atoms with E-state index in [4.69, 9.17) is 26.1 Å². The number of esters is 1. The number of nitrogens with zero attached hydrogens (tertiary/aromatic N) is 2. The molecule has 49 heavy (non-hydrogen) atoms. The van der Waals surface area contributed by atoms with Crippen LogP contribution in [0.3, 0.4) is 0 Å². The first kappa shape index (κ1) is 32.6. The zero-order valence-corrected chi connectivity index (χ0v) is 29.1. The fourth-order valence-electron chi connectivity index (χ4n) is 6.02. The standard InChI is InChI=1S/C40H31ClN2O4S2/c1-3-46-39(45)35-36(26-11-5-4-6-12-26)42-40-43(37(35)27-16-19-31(48-2)20-17-27)38(44)34(49-40)23-29-22-30(41)18-21-33(29)47-24-28-14-9-13-25-10-7-8-15-32(25)28/h4-23,37H,3,24H2,1-2H3/b34-23-/t37-/m1/s1. The summed E-state index contributed by atoms with van der Waals surface area (Å²) in [4.78, 5) is 34.7. The molecule has 1 aliphatic heterocycles. The molecule has 0 bridgehead atoms. The number of halogens is 1. The average Bonchev–Trinajstić information content (AvgIpc) is 3.44. The summed E-state index contributed by atoms with van der Waals surface area (Å²) in [5, 5.41) is 2.76. The molecule has 0 spiro atoms. The van der Waals surface area contributed by atoms with Crippen LogP contribution in [0.25, 0.3) is 22.5 Å². The smallest absolute Gasteiger partial charge is 0.338 e. The highest BCUT2D eigenvalue weighted by molar-refractivity contribution is 7.98. The van der Waals surface area contributed by atoms with Gasteiger partial charge < -0.3 is 9.47 Å². The second kappa shape index (κ2) is 14.3. The summed E-state index contributed by atoms with van der Waals surface area (Å²) in [5.41, 5.74) is 3.75. The van der Waals surface area contributed by atoms with Crippen LogP contribution in [0.1, 0.15) is 35.2 Å². The fourth-order valence-corrected chi connectivity index (χ4v) is 7.60. The molecule has 0 amide bonds. The summed E-state index contributed by atoms with van der Waals surface area (Å²) in [7, 11) is 0. The summed E-state index contributed by atoms with van der Waals surface area (Å²) in [6.07, 6.45) is 3.80. The molecule has 0 unspecified atom stereocenters. The quantitative estimate of drug-likeness (QED) is 0.113. The molecular formula is C40H31ClN2O4S2. The lowest BCUT2D eigenvalue weighted by Gasteiger charge is -2.26. The molecule has 1 atom stereocenters. The number of aromatic nitrogens is 1. The van der Waals surface area contributed by atoms with Gasteiger partial charge >= 0.3 is 5.97 Å². The predicted octanol–water partition coefficient (Wildman–Crippen LogP) is 8.04. The van der Waals surface area contributed by atoms with Crippen LogP contribution in [0.15, 0.2) is 136 Å². The topological polar surface area (TPSA) is 69.9 Å². The normalized spacial score (nSPS) is 14.4. The summed E-state index contributed by atoms with van der Waals surface area (Å²) < 4.78 is 14.0. The maximum atomic E-state index is 14.4. The molecule has 7 rings (SSSR count). The Kier molecular flexibility index (Phi) is 9.53. The Labute approximate surface area is 296 Å². The third-order valence-corrected chi connectivity index (χ3v) is 10.3. The highest BCUT2D eigenvalue weighted by Crippen LogP contribution is 2.36. The van der Waals surface area contributed by atoms with Gasteiger partial charge in [0.1, 0.15) is 12.4 Å². The van der Waals surface area contributed by atoms with Crippen molar-refractivity contribution in [1.29, 1.82) is 0 Å². The molecule has 0 saturated carbocycles. The molecule has 1 aromatic heterocycles. The highest BCUT2D eigenvalue weighted by Gasteiger charge is 2.35. The maximum Gasteiger partial charge on any atom is 0.338 e. The number of rotatable bonds is 9. The van der Waals surface area contributed by atoms with Crippen molar-refractivity contribution in [2.24, 2.45) is 4.99 Å². The van der Waals surface area contributed by atoms with Crippen molar-refractivity contribution >= 4 is 63.2 Å². The van der Waals surface area contributed by atoms with Crippen LogP contribution in [-0.4, -0.2) is 23.4 Å². The van der Waals surface area contributed by atoms with Crippen LogP contribution < -0.4 is 19.6 Å². The van der Waals surface area contributed by atoms with Crippen LogP contribution in [0.2, 0.25) is 5.02 Å². The number of benzene rings is 5. The zero-order valence-electron chi connectivity index (χ0n) is 26.8. The molecule has 5 aromatic carbocycles. The number of fused-ring (bicyclic) bond motifs is 2. The monoisotopic (exact) mass is 702 g/mol. The van der Waals surface area contributed by atoms with Crippen LogP contribution in [-0.2, 0) is 16.1 Å². The van der Waals surface area contributed by atoms with E-state index in [2.05, 4.69) is 18.2 Å². The maximum absolute atomic E-state index is 14.4. The number of carbonyl (C=O) groups is 1. The Morgan fingerprint density at radius 3 is 2.49 bits per heavy atom. The average molecular weight is 703 g/mol. The van der Waals surface area contributed by atoms with Gasteiger partial charge in [-0.05, 0) is 71.5 Å². The van der Waals surface area contributed by atoms with Crippen molar-refractivity contribution < 1.29 is 14.3 Å². The van der Waals surface area contributed by atoms with Gasteiger partial charge in [-0.25, -0.2) is 9.79 Å². The number of ether oxygens (including phenoxy) is 2. The lowest BCUT2D eigenvalue weighted by Crippen LogP contribution is -2.40. The summed E-state index contributed by atoms with van der Waals surface area (Å²) in [5.74, 6) is 0.0712. The first-order valence-electron chi connectivity index (χ1n) is 15.8. The van der Waals surface area contributed by atoms with Crippen LogP contribution in [0.5, 0.6) is 5.75 Å². The molecule has 0 saturated heterocycles. The molecular weight excluding hydrogens is 672 g/mol. The largest absolute Gasteiger partial charge is 0.488 e. The van der Waals surface area contributed by atoms with E-state index < -0.39 is 12.0 Å². The van der Waals surface area contributed by atoms with Crippen LogP contribution >= 0.6 is 34.7 Å². The van der Waals surface area contributed by atoms with Gasteiger partial charge in [-0.15, -0.1) is 11.8 Å². The molecule has 6 aromatic rings. The molecule has 244 valence electrons. The SMILES string of the molecule is CCOC(=O)C1=C(c2ccccc2)N=c2s/c(=C\c3cc(Cl)ccc3OCc3cccc4ccccc34)c(=O)n2[C@@H]1c1ccc(SC)cc1. The van der Waals surface area contributed by atoms with Crippen molar-refractivity contribution in [2.45, 2.75) is 24.5 Å². The van der Waals surface area contributed by atoms with Crippen LogP contribution in [0.4, 0.5) is 0 Å². The van der Waals surface area contributed by atoms with E-state index >= 15 is 0 Å². The van der Waals surface area contributed by atoms with E-state index in [1.807, 2.05) is 91.2 Å². The van der Waals surface area contributed by atoms with E-state index in [1.165, 1.54) is 11.3 Å². The fraction of sp³-hybridized carbons (Fsp3) is 0.125. The molecule has 2 heterocycles. The molecule has 0 aliphatic carbocycles. The third-order valence-electron chi connectivity index (χ3n) is 8.33. The van der Waals surface area contributed by atoms with Crippen molar-refractivity contribution in [1.82, 2.24) is 4.57 Å². The van der Waals surface area contributed by atoms with Gasteiger partial charge in [-0.3, -0.25) is 9.36 Å². The van der Waals surface area contributed by atoms with Crippen molar-refractivity contribution in [2.75, 3.05) is 12.9 Å². The van der Waals surface area contributed by atoms with Crippen molar-refractivity contribution in [3.63, 3.8) is 0 Å². The minimum atomic E-state index is -0.759. The lowest BCUT2D eigenvalue weighted by molar-refractivity contribution is -0.138. The zero-order chi connectivity index (χ0) is 33.9. The summed E-state index contributed by atoms with van der Waals surface area (Å²) in [6.45, 7) is 2.28. The van der Waals surface area contributed by atoms with Gasteiger partial charge in [0, 0.05) is 21.0 Å².